The summed E-state index contributed by atoms with van der Waals surface area (Å²) >= 11 is 0. The van der Waals surface area contributed by atoms with Crippen LogP contribution in [0.15, 0.2) is 24.3 Å². The molecule has 1 heterocycles. The molecule has 0 aromatic heterocycles. The molecule has 1 aromatic carbocycles. The molecule has 1 aliphatic rings. The molecule has 0 aliphatic carbocycles. The smallest absolute Gasteiger partial charge is 0.254 e. The Balaban J connectivity index is 2.11. The van der Waals surface area contributed by atoms with E-state index in [1.807, 2.05) is 0 Å². The summed E-state index contributed by atoms with van der Waals surface area (Å²) in [5.41, 5.74) is 1.38. The number of amides is 1. The minimum atomic E-state index is -0.174. The number of aliphatic hydroxyl groups is 2. The van der Waals surface area contributed by atoms with Crippen molar-refractivity contribution in [1.29, 1.82) is 0 Å². The maximum atomic E-state index is 12.3. The number of benzene rings is 1. The summed E-state index contributed by atoms with van der Waals surface area (Å²) in [5, 5.41) is 17.8. The fraction of sp³-hybridized carbons (Fsp3) is 0.400. The van der Waals surface area contributed by atoms with E-state index in [-0.39, 0.29) is 25.2 Å². The Kier molecular flexibility index (Phi) is 4.56. The lowest BCUT2D eigenvalue weighted by molar-refractivity contribution is 0.0677. The highest BCUT2D eigenvalue weighted by Gasteiger charge is 2.28. The molecule has 0 radical (unpaired) electrons. The van der Waals surface area contributed by atoms with Crippen molar-refractivity contribution in [3.63, 3.8) is 0 Å². The molecule has 100 valence electrons. The molecule has 0 spiro atoms. The Bertz CT molecular complexity index is 498. The van der Waals surface area contributed by atoms with Gasteiger partial charge in [0.05, 0.1) is 12.6 Å². The first kappa shape index (κ1) is 13.6. The van der Waals surface area contributed by atoms with Crippen molar-refractivity contribution in [2.24, 2.45) is 0 Å². The van der Waals surface area contributed by atoms with Crippen molar-refractivity contribution >= 4 is 5.91 Å². The SMILES string of the molecule is O=C(c1ccc(C#CCO)cc1)N1CCCC1CO. The van der Waals surface area contributed by atoms with Gasteiger partial charge in [0, 0.05) is 17.7 Å². The normalized spacial score (nSPS) is 18.0. The first-order valence-corrected chi connectivity index (χ1v) is 6.38. The zero-order valence-electron chi connectivity index (χ0n) is 10.7. The summed E-state index contributed by atoms with van der Waals surface area (Å²) < 4.78 is 0. The van der Waals surface area contributed by atoms with Crippen LogP contribution in [-0.4, -0.2) is 46.8 Å². The fourth-order valence-corrected chi connectivity index (χ4v) is 2.30. The van der Waals surface area contributed by atoms with E-state index < -0.39 is 0 Å². The Morgan fingerprint density at radius 2 is 2.05 bits per heavy atom. The van der Waals surface area contributed by atoms with Gasteiger partial charge in [-0.25, -0.2) is 0 Å². The van der Waals surface area contributed by atoms with Crippen LogP contribution in [0.3, 0.4) is 0 Å². The van der Waals surface area contributed by atoms with Gasteiger partial charge in [0.1, 0.15) is 6.61 Å². The molecule has 19 heavy (non-hydrogen) atoms. The minimum absolute atomic E-state index is 0.0196. The first-order chi connectivity index (χ1) is 9.26. The highest BCUT2D eigenvalue weighted by Crippen LogP contribution is 2.19. The molecule has 1 amide bonds. The van der Waals surface area contributed by atoms with Crippen LogP contribution in [0.5, 0.6) is 0 Å². The number of likely N-dealkylation sites (tertiary alicyclic amines) is 1. The van der Waals surface area contributed by atoms with E-state index in [1.54, 1.807) is 29.2 Å². The topological polar surface area (TPSA) is 60.8 Å². The molecule has 0 saturated carbocycles. The van der Waals surface area contributed by atoms with Gasteiger partial charge in [0.2, 0.25) is 0 Å². The fourth-order valence-electron chi connectivity index (χ4n) is 2.30. The predicted molar refractivity (Wildman–Crippen MR) is 71.6 cm³/mol. The molecule has 4 heteroatoms. The number of carbonyl (C=O) groups is 1. The van der Waals surface area contributed by atoms with Crippen LogP contribution in [0, 0.1) is 11.8 Å². The summed E-state index contributed by atoms with van der Waals surface area (Å²) in [5.74, 6) is 5.30. The summed E-state index contributed by atoms with van der Waals surface area (Å²) in [7, 11) is 0. The molecule has 1 aliphatic heterocycles. The lowest BCUT2D eigenvalue weighted by Crippen LogP contribution is -2.37. The zero-order valence-corrected chi connectivity index (χ0v) is 10.7. The van der Waals surface area contributed by atoms with E-state index in [1.165, 1.54) is 0 Å². The van der Waals surface area contributed by atoms with E-state index in [0.29, 0.717) is 12.1 Å². The van der Waals surface area contributed by atoms with Gasteiger partial charge in [-0.1, -0.05) is 11.8 Å². The van der Waals surface area contributed by atoms with Crippen molar-refractivity contribution in [2.75, 3.05) is 19.8 Å². The molecule has 2 rings (SSSR count). The Hall–Kier alpha value is -1.83. The van der Waals surface area contributed by atoms with Crippen LogP contribution in [0.25, 0.3) is 0 Å². The van der Waals surface area contributed by atoms with E-state index in [9.17, 15) is 9.90 Å². The van der Waals surface area contributed by atoms with Crippen LogP contribution >= 0.6 is 0 Å². The second kappa shape index (κ2) is 6.37. The number of carbonyl (C=O) groups excluding carboxylic acids is 1. The zero-order chi connectivity index (χ0) is 13.7. The highest BCUT2D eigenvalue weighted by atomic mass is 16.3. The maximum absolute atomic E-state index is 12.3. The molecular weight excluding hydrogens is 242 g/mol. The van der Waals surface area contributed by atoms with Crippen molar-refractivity contribution in [3.05, 3.63) is 35.4 Å². The van der Waals surface area contributed by atoms with Gasteiger partial charge in [-0.2, -0.15) is 0 Å². The second-order valence-electron chi connectivity index (χ2n) is 4.51. The predicted octanol–water partition coefficient (Wildman–Crippen LogP) is 0.627. The molecule has 0 bridgehead atoms. The monoisotopic (exact) mass is 259 g/mol. The third-order valence-corrected chi connectivity index (χ3v) is 3.29. The average Bonchev–Trinajstić information content (AvgIpc) is 2.93. The Morgan fingerprint density at radius 3 is 2.68 bits per heavy atom. The van der Waals surface area contributed by atoms with Gasteiger partial charge in [0.15, 0.2) is 0 Å². The summed E-state index contributed by atoms with van der Waals surface area (Å²) in [6, 6.07) is 6.94. The standard InChI is InChI=1S/C15H17NO3/c17-10-2-3-12-5-7-13(8-6-12)15(19)16-9-1-4-14(16)11-18/h5-8,14,17-18H,1,4,9-11H2. The van der Waals surface area contributed by atoms with Gasteiger partial charge in [0.25, 0.3) is 5.91 Å². The van der Waals surface area contributed by atoms with Crippen LogP contribution < -0.4 is 0 Å². The Labute approximate surface area is 112 Å². The van der Waals surface area contributed by atoms with E-state index >= 15 is 0 Å². The summed E-state index contributed by atoms with van der Waals surface area (Å²) in [6.45, 7) is 0.550. The van der Waals surface area contributed by atoms with Crippen LogP contribution in [0.1, 0.15) is 28.8 Å². The molecule has 1 unspecified atom stereocenters. The van der Waals surface area contributed by atoms with Crippen molar-refractivity contribution in [1.82, 2.24) is 4.90 Å². The van der Waals surface area contributed by atoms with Crippen molar-refractivity contribution in [3.8, 4) is 11.8 Å². The molecule has 1 atom stereocenters. The molecular formula is C15H17NO3. The average molecular weight is 259 g/mol. The van der Waals surface area contributed by atoms with Gasteiger partial charge < -0.3 is 15.1 Å². The minimum Gasteiger partial charge on any atom is -0.394 e. The van der Waals surface area contributed by atoms with Crippen LogP contribution in [0.4, 0.5) is 0 Å². The van der Waals surface area contributed by atoms with E-state index in [0.717, 1.165) is 18.4 Å². The maximum Gasteiger partial charge on any atom is 0.254 e. The Morgan fingerprint density at radius 1 is 1.32 bits per heavy atom. The van der Waals surface area contributed by atoms with E-state index in [2.05, 4.69) is 11.8 Å². The molecule has 1 fully saturated rings. The van der Waals surface area contributed by atoms with Crippen molar-refractivity contribution < 1.29 is 15.0 Å². The van der Waals surface area contributed by atoms with Crippen LogP contribution in [0.2, 0.25) is 0 Å². The lowest BCUT2D eigenvalue weighted by atomic mass is 10.1. The molecule has 1 aromatic rings. The molecule has 4 nitrogen and oxygen atoms in total. The summed E-state index contributed by atoms with van der Waals surface area (Å²) in [4.78, 5) is 14.0. The number of hydrogen-bond acceptors (Lipinski definition) is 3. The highest BCUT2D eigenvalue weighted by molar-refractivity contribution is 5.94. The third kappa shape index (κ3) is 3.14. The van der Waals surface area contributed by atoms with Crippen LogP contribution in [-0.2, 0) is 0 Å². The second-order valence-corrected chi connectivity index (χ2v) is 4.51. The molecule has 1 saturated heterocycles. The summed E-state index contributed by atoms with van der Waals surface area (Å²) in [6.07, 6.45) is 1.80. The third-order valence-electron chi connectivity index (χ3n) is 3.29. The largest absolute Gasteiger partial charge is 0.394 e. The van der Waals surface area contributed by atoms with Gasteiger partial charge in [-0.3, -0.25) is 4.79 Å². The van der Waals surface area contributed by atoms with E-state index in [4.69, 9.17) is 5.11 Å². The van der Waals surface area contributed by atoms with Gasteiger partial charge in [-0.15, -0.1) is 0 Å². The number of hydrogen-bond donors (Lipinski definition) is 2. The lowest BCUT2D eigenvalue weighted by Gasteiger charge is -2.23. The quantitative estimate of drug-likeness (QED) is 0.766. The van der Waals surface area contributed by atoms with Gasteiger partial charge >= 0.3 is 0 Å². The number of rotatable bonds is 2. The molecule has 2 N–H and O–H groups in total. The van der Waals surface area contributed by atoms with Crippen molar-refractivity contribution in [2.45, 2.75) is 18.9 Å². The number of nitrogens with zero attached hydrogens (tertiary/aromatic N) is 1. The van der Waals surface area contributed by atoms with Gasteiger partial charge in [-0.05, 0) is 37.1 Å². The number of aliphatic hydroxyl groups excluding tert-OH is 2. The first-order valence-electron chi connectivity index (χ1n) is 6.38.